The summed E-state index contributed by atoms with van der Waals surface area (Å²) in [6.07, 6.45) is 1.63. The van der Waals surface area contributed by atoms with Crippen molar-refractivity contribution in [3.8, 4) is 17.2 Å². The first-order chi connectivity index (χ1) is 15.0. The van der Waals surface area contributed by atoms with Crippen molar-refractivity contribution < 1.29 is 28.5 Å². The molecule has 0 spiro atoms. The fourth-order valence-corrected chi connectivity index (χ4v) is 3.13. The lowest BCUT2D eigenvalue weighted by atomic mass is 10.1. The van der Waals surface area contributed by atoms with Crippen LogP contribution in [0.1, 0.15) is 15.9 Å². The van der Waals surface area contributed by atoms with Crippen molar-refractivity contribution in [3.63, 3.8) is 0 Å². The quantitative estimate of drug-likeness (QED) is 0.684. The first-order valence-electron chi connectivity index (χ1n) is 9.82. The number of nitrogens with zero attached hydrogens (tertiary/aromatic N) is 1. The van der Waals surface area contributed by atoms with Gasteiger partial charge in [0.05, 0.1) is 34.5 Å². The molecule has 2 amide bonds. The molecule has 3 rings (SSSR count). The molecule has 31 heavy (non-hydrogen) atoms. The fourth-order valence-electron chi connectivity index (χ4n) is 3.13. The summed E-state index contributed by atoms with van der Waals surface area (Å²) in [5.41, 5.74) is 1.26. The van der Waals surface area contributed by atoms with Gasteiger partial charge >= 0.3 is 0 Å². The van der Waals surface area contributed by atoms with Crippen LogP contribution in [0.2, 0.25) is 0 Å². The standard InChI is InChI=1S/C23H26N2O6/c1-28-18-7-5-17(6-8-18)22(26)24-19(23(27)25-10-12-31-13-11-25)14-16-4-9-20(29-2)21(15-16)30-3/h4-9,14-15H,10-13H2,1-3H3,(H,24,26)/b19-14-. The summed E-state index contributed by atoms with van der Waals surface area (Å²) in [7, 11) is 4.65. The van der Waals surface area contributed by atoms with Crippen LogP contribution in [-0.2, 0) is 9.53 Å². The van der Waals surface area contributed by atoms with Crippen LogP contribution < -0.4 is 19.5 Å². The van der Waals surface area contributed by atoms with Crippen LogP contribution in [0.3, 0.4) is 0 Å². The predicted octanol–water partition coefficient (Wildman–Crippen LogP) is 2.34. The number of carbonyl (C=O) groups excluding carboxylic acids is 2. The molecular weight excluding hydrogens is 400 g/mol. The number of rotatable bonds is 7. The molecule has 2 aromatic carbocycles. The number of amides is 2. The molecule has 8 nitrogen and oxygen atoms in total. The number of hydrogen-bond donors (Lipinski definition) is 1. The van der Waals surface area contributed by atoms with E-state index >= 15 is 0 Å². The summed E-state index contributed by atoms with van der Waals surface area (Å²) in [5, 5.41) is 2.76. The van der Waals surface area contributed by atoms with E-state index in [2.05, 4.69) is 5.32 Å². The zero-order valence-corrected chi connectivity index (χ0v) is 17.8. The summed E-state index contributed by atoms with van der Waals surface area (Å²) in [5.74, 6) is 1.07. The average molecular weight is 426 g/mol. The maximum Gasteiger partial charge on any atom is 0.270 e. The zero-order valence-electron chi connectivity index (χ0n) is 17.8. The Bertz CT molecular complexity index is 949. The lowest BCUT2D eigenvalue weighted by molar-refractivity contribution is -0.131. The molecular formula is C23H26N2O6. The molecule has 0 unspecified atom stereocenters. The molecule has 2 aromatic rings. The van der Waals surface area contributed by atoms with Gasteiger partial charge in [0.25, 0.3) is 11.8 Å². The van der Waals surface area contributed by atoms with Gasteiger partial charge in [-0.3, -0.25) is 9.59 Å². The number of benzene rings is 2. The summed E-state index contributed by atoms with van der Waals surface area (Å²) in [6.45, 7) is 1.84. The van der Waals surface area contributed by atoms with E-state index in [9.17, 15) is 9.59 Å². The molecule has 0 saturated carbocycles. The maximum absolute atomic E-state index is 13.2. The average Bonchev–Trinajstić information content (AvgIpc) is 2.83. The molecule has 1 aliphatic heterocycles. The molecule has 1 N–H and O–H groups in total. The molecule has 0 bridgehead atoms. The van der Waals surface area contributed by atoms with Gasteiger partial charge in [0, 0.05) is 18.7 Å². The monoisotopic (exact) mass is 426 g/mol. The Balaban J connectivity index is 1.91. The van der Waals surface area contributed by atoms with Crippen LogP contribution >= 0.6 is 0 Å². The second kappa shape index (κ2) is 10.5. The van der Waals surface area contributed by atoms with E-state index in [0.29, 0.717) is 54.7 Å². The summed E-state index contributed by atoms with van der Waals surface area (Å²) >= 11 is 0. The third-order valence-electron chi connectivity index (χ3n) is 4.85. The Morgan fingerprint density at radius 2 is 1.61 bits per heavy atom. The topological polar surface area (TPSA) is 86.3 Å². The number of hydrogen-bond acceptors (Lipinski definition) is 6. The minimum Gasteiger partial charge on any atom is -0.497 e. The third-order valence-corrected chi connectivity index (χ3v) is 4.85. The Labute approximate surface area is 181 Å². The zero-order chi connectivity index (χ0) is 22.2. The Hall–Kier alpha value is -3.52. The minimum atomic E-state index is -0.393. The Morgan fingerprint density at radius 3 is 2.23 bits per heavy atom. The highest BCUT2D eigenvalue weighted by molar-refractivity contribution is 6.05. The van der Waals surface area contributed by atoms with Crippen LogP contribution in [0.4, 0.5) is 0 Å². The van der Waals surface area contributed by atoms with Crippen molar-refractivity contribution in [1.29, 1.82) is 0 Å². The van der Waals surface area contributed by atoms with E-state index in [-0.39, 0.29) is 11.6 Å². The highest BCUT2D eigenvalue weighted by Gasteiger charge is 2.23. The largest absolute Gasteiger partial charge is 0.497 e. The van der Waals surface area contributed by atoms with E-state index in [4.69, 9.17) is 18.9 Å². The van der Waals surface area contributed by atoms with Gasteiger partial charge in [0.1, 0.15) is 11.4 Å². The van der Waals surface area contributed by atoms with E-state index in [0.717, 1.165) is 0 Å². The number of nitrogens with one attached hydrogen (secondary N) is 1. The van der Waals surface area contributed by atoms with Gasteiger partial charge < -0.3 is 29.2 Å². The smallest absolute Gasteiger partial charge is 0.270 e. The Kier molecular flexibility index (Phi) is 7.50. The lowest BCUT2D eigenvalue weighted by Gasteiger charge is -2.28. The summed E-state index contributed by atoms with van der Waals surface area (Å²) in [6, 6.07) is 11.9. The van der Waals surface area contributed by atoms with Crippen LogP contribution in [0.5, 0.6) is 17.2 Å². The Morgan fingerprint density at radius 1 is 0.935 bits per heavy atom. The number of morpholine rings is 1. The van der Waals surface area contributed by atoms with Gasteiger partial charge in [0.2, 0.25) is 0 Å². The predicted molar refractivity (Wildman–Crippen MR) is 115 cm³/mol. The molecule has 0 aliphatic carbocycles. The molecule has 1 saturated heterocycles. The third kappa shape index (κ3) is 5.55. The second-order valence-corrected chi connectivity index (χ2v) is 6.76. The highest BCUT2D eigenvalue weighted by Crippen LogP contribution is 2.28. The number of methoxy groups -OCH3 is 3. The van der Waals surface area contributed by atoms with Crippen LogP contribution in [-0.4, -0.2) is 64.3 Å². The van der Waals surface area contributed by atoms with Crippen molar-refractivity contribution in [2.45, 2.75) is 0 Å². The first-order valence-corrected chi connectivity index (χ1v) is 9.82. The fraction of sp³-hybridized carbons (Fsp3) is 0.304. The van der Waals surface area contributed by atoms with E-state index < -0.39 is 5.91 Å². The summed E-state index contributed by atoms with van der Waals surface area (Å²) < 4.78 is 21.1. The molecule has 1 heterocycles. The highest BCUT2D eigenvalue weighted by atomic mass is 16.5. The lowest BCUT2D eigenvalue weighted by Crippen LogP contribution is -2.44. The van der Waals surface area contributed by atoms with Gasteiger partial charge in [-0.15, -0.1) is 0 Å². The van der Waals surface area contributed by atoms with Crippen molar-refractivity contribution in [2.75, 3.05) is 47.6 Å². The van der Waals surface area contributed by atoms with Gasteiger partial charge in [-0.1, -0.05) is 6.07 Å². The van der Waals surface area contributed by atoms with Crippen LogP contribution in [0, 0.1) is 0 Å². The molecule has 8 heteroatoms. The summed E-state index contributed by atoms with van der Waals surface area (Å²) in [4.78, 5) is 27.6. The van der Waals surface area contributed by atoms with Crippen LogP contribution in [0.25, 0.3) is 6.08 Å². The number of ether oxygens (including phenoxy) is 4. The minimum absolute atomic E-state index is 0.162. The van der Waals surface area contributed by atoms with Crippen molar-refractivity contribution in [2.24, 2.45) is 0 Å². The SMILES string of the molecule is COc1ccc(C(=O)N/C(=C\c2ccc(OC)c(OC)c2)C(=O)N2CCOCC2)cc1. The molecule has 1 fully saturated rings. The molecule has 0 atom stereocenters. The normalized spacial score (nSPS) is 14.0. The first kappa shape index (κ1) is 22.2. The van der Waals surface area contributed by atoms with Gasteiger partial charge in [-0.2, -0.15) is 0 Å². The van der Waals surface area contributed by atoms with E-state index in [1.807, 2.05) is 0 Å². The van der Waals surface area contributed by atoms with Gasteiger partial charge in [-0.25, -0.2) is 0 Å². The number of carbonyl (C=O) groups is 2. The molecule has 1 aliphatic rings. The van der Waals surface area contributed by atoms with Gasteiger partial charge in [-0.05, 0) is 48.0 Å². The molecule has 0 aromatic heterocycles. The van der Waals surface area contributed by atoms with Gasteiger partial charge in [0.15, 0.2) is 11.5 Å². The van der Waals surface area contributed by atoms with E-state index in [1.54, 1.807) is 67.7 Å². The maximum atomic E-state index is 13.2. The second-order valence-electron chi connectivity index (χ2n) is 6.76. The van der Waals surface area contributed by atoms with E-state index in [1.165, 1.54) is 7.11 Å². The molecule has 0 radical (unpaired) electrons. The van der Waals surface area contributed by atoms with Crippen LogP contribution in [0.15, 0.2) is 48.2 Å². The van der Waals surface area contributed by atoms with Crippen molar-refractivity contribution in [1.82, 2.24) is 10.2 Å². The molecule has 164 valence electrons. The van der Waals surface area contributed by atoms with Crippen molar-refractivity contribution in [3.05, 3.63) is 59.3 Å². The van der Waals surface area contributed by atoms with Crippen molar-refractivity contribution >= 4 is 17.9 Å².